The first kappa shape index (κ1) is 18.6. The van der Waals surface area contributed by atoms with Crippen LogP contribution in [0, 0.1) is 0 Å². The maximum atomic E-state index is 11.3. The average molecular weight is 290 g/mol. The second-order valence-electron chi connectivity index (χ2n) is 1.96. The predicted octanol–water partition coefficient (Wildman–Crippen LogP) is 0.265. The molecule has 0 aliphatic heterocycles. The van der Waals surface area contributed by atoms with Gasteiger partial charge >= 0.3 is 53.7 Å². The molecule has 0 aromatic heterocycles. The summed E-state index contributed by atoms with van der Waals surface area (Å²) in [6.07, 6.45) is -0.304. The van der Waals surface area contributed by atoms with Crippen LogP contribution >= 0.6 is 24.1 Å². The van der Waals surface area contributed by atoms with Crippen LogP contribution in [0.1, 0.15) is 13.3 Å². The summed E-state index contributed by atoms with van der Waals surface area (Å²) in [6, 6.07) is 0. The van der Waals surface area contributed by atoms with Gasteiger partial charge in [-0.3, -0.25) is 18.5 Å². The molecule has 0 saturated heterocycles. The van der Waals surface area contributed by atoms with Crippen molar-refractivity contribution < 1.29 is 36.9 Å². The van der Waals surface area contributed by atoms with E-state index in [4.69, 9.17) is 9.79 Å². The van der Waals surface area contributed by atoms with Crippen molar-refractivity contribution in [2.24, 2.45) is 0 Å². The third-order valence-electron chi connectivity index (χ3n) is 1.00. The standard InChI is InChI=1S/C3H9O8P3.Na.H/c1-2-3(4)14(9,10-12(5)6)11-13(7)8;;/h12-13H,2H2,1H3,(H,5,6)(H,7,8);;. The molecule has 12 heteroatoms. The number of carbonyl (C=O) groups excluding carboxylic acids is 1. The first-order valence-corrected chi connectivity index (χ1v) is 7.37. The summed E-state index contributed by atoms with van der Waals surface area (Å²) in [5.74, 6) is 0. The summed E-state index contributed by atoms with van der Waals surface area (Å²) < 4.78 is 39.4. The fourth-order valence-electron chi connectivity index (χ4n) is 0.520. The van der Waals surface area contributed by atoms with Crippen LogP contribution in [0.25, 0.3) is 0 Å². The van der Waals surface area contributed by atoms with Crippen LogP contribution in [0.4, 0.5) is 0 Å². The number of hydrogen-bond acceptors (Lipinski definition) is 6. The van der Waals surface area contributed by atoms with Crippen LogP contribution < -0.4 is 0 Å². The van der Waals surface area contributed by atoms with Gasteiger partial charge in [0, 0.05) is 6.42 Å². The molecule has 2 N–H and O–H groups in total. The molecule has 0 aromatic carbocycles. The fourth-order valence-corrected chi connectivity index (χ4v) is 3.85. The van der Waals surface area contributed by atoms with Crippen molar-refractivity contribution in [2.75, 3.05) is 0 Å². The van der Waals surface area contributed by atoms with E-state index in [1.165, 1.54) is 6.92 Å². The van der Waals surface area contributed by atoms with E-state index in [0.717, 1.165) is 0 Å². The second-order valence-corrected chi connectivity index (χ2v) is 5.98. The van der Waals surface area contributed by atoms with E-state index in [0.29, 0.717) is 0 Å². The second kappa shape index (κ2) is 8.31. The third kappa shape index (κ3) is 7.18. The first-order valence-electron chi connectivity index (χ1n) is 3.30. The molecule has 0 bridgehead atoms. The zero-order chi connectivity index (χ0) is 11.4. The number of hydrogen-bond donors (Lipinski definition) is 2. The fraction of sp³-hybridized carbons (Fsp3) is 0.667. The average Bonchev–Trinajstić information content (AvgIpc) is 1.99. The minimum absolute atomic E-state index is 0. The summed E-state index contributed by atoms with van der Waals surface area (Å²) >= 11 is 0. The quantitative estimate of drug-likeness (QED) is 0.527. The Bertz CT molecular complexity index is 294. The van der Waals surface area contributed by atoms with Crippen molar-refractivity contribution in [3.63, 3.8) is 0 Å². The Morgan fingerprint density at radius 1 is 1.27 bits per heavy atom. The Hall–Kier alpha value is 1.20. The van der Waals surface area contributed by atoms with Crippen molar-refractivity contribution in [1.29, 1.82) is 0 Å². The van der Waals surface area contributed by atoms with Gasteiger partial charge in [-0.1, -0.05) is 6.92 Å². The van der Waals surface area contributed by atoms with Crippen molar-refractivity contribution in [2.45, 2.75) is 13.3 Å². The topological polar surface area (TPSA) is 127 Å². The summed E-state index contributed by atoms with van der Waals surface area (Å²) in [7, 11) is -12.0. The third-order valence-corrected chi connectivity index (χ3v) is 5.10. The molecule has 86 valence electrons. The van der Waals surface area contributed by atoms with E-state index in [1.807, 2.05) is 0 Å². The predicted molar refractivity (Wildman–Crippen MR) is 54.7 cm³/mol. The summed E-state index contributed by atoms with van der Waals surface area (Å²) in [5.41, 5.74) is -1.13. The van der Waals surface area contributed by atoms with Crippen molar-refractivity contribution in [1.82, 2.24) is 0 Å². The zero-order valence-electron chi connectivity index (χ0n) is 7.00. The molecule has 0 heterocycles. The molecule has 15 heavy (non-hydrogen) atoms. The normalized spacial score (nSPS) is 18.3. The molecular formula is C3H10NaO8P3. The van der Waals surface area contributed by atoms with Crippen LogP contribution in [-0.4, -0.2) is 44.9 Å². The molecule has 0 aromatic rings. The molecule has 0 radical (unpaired) electrons. The van der Waals surface area contributed by atoms with Gasteiger partial charge in [0.2, 0.25) is 5.52 Å². The molecule has 0 aliphatic rings. The Kier molecular flexibility index (Phi) is 10.3. The summed E-state index contributed by atoms with van der Waals surface area (Å²) in [5, 5.41) is 0. The summed E-state index contributed by atoms with van der Waals surface area (Å²) in [6.45, 7) is 1.30. The molecule has 2 atom stereocenters. The van der Waals surface area contributed by atoms with E-state index >= 15 is 0 Å². The number of carbonyl (C=O) groups is 1. The van der Waals surface area contributed by atoms with Crippen LogP contribution in [0.2, 0.25) is 0 Å². The van der Waals surface area contributed by atoms with Crippen molar-refractivity contribution in [3.8, 4) is 0 Å². The molecule has 8 nitrogen and oxygen atoms in total. The van der Waals surface area contributed by atoms with Gasteiger partial charge in [-0.05, 0) is 0 Å². The van der Waals surface area contributed by atoms with Crippen molar-refractivity contribution >= 4 is 59.2 Å². The van der Waals surface area contributed by atoms with Crippen LogP contribution in [0.3, 0.4) is 0 Å². The van der Waals surface area contributed by atoms with Gasteiger partial charge in [0.1, 0.15) is 0 Å². The van der Waals surface area contributed by atoms with Crippen LogP contribution in [-0.2, 0) is 27.1 Å². The van der Waals surface area contributed by atoms with Gasteiger partial charge in [-0.25, -0.2) is 8.62 Å². The maximum absolute atomic E-state index is 11.3. The van der Waals surface area contributed by atoms with E-state index in [-0.39, 0.29) is 36.0 Å². The van der Waals surface area contributed by atoms with Crippen molar-refractivity contribution in [3.05, 3.63) is 0 Å². The van der Waals surface area contributed by atoms with E-state index < -0.39 is 29.6 Å². The Morgan fingerprint density at radius 3 is 1.80 bits per heavy atom. The molecule has 0 aliphatic carbocycles. The SMILES string of the molecule is CCC(=O)P(=O)(O[PH](=O)O)O[PH](=O)O.[NaH]. The number of rotatable bonds is 6. The minimum atomic E-state index is -4.60. The monoisotopic (exact) mass is 290 g/mol. The van der Waals surface area contributed by atoms with E-state index in [1.54, 1.807) is 0 Å². The van der Waals surface area contributed by atoms with Gasteiger partial charge in [0.05, 0.1) is 0 Å². The molecular weight excluding hydrogens is 280 g/mol. The molecule has 0 spiro atoms. The molecule has 0 saturated carbocycles. The van der Waals surface area contributed by atoms with Gasteiger partial charge in [0.25, 0.3) is 0 Å². The van der Waals surface area contributed by atoms with E-state index in [2.05, 4.69) is 8.62 Å². The Morgan fingerprint density at radius 2 is 1.60 bits per heavy atom. The van der Waals surface area contributed by atoms with Gasteiger partial charge < -0.3 is 9.79 Å². The van der Waals surface area contributed by atoms with Gasteiger partial charge in [-0.15, -0.1) is 0 Å². The van der Waals surface area contributed by atoms with E-state index in [9.17, 15) is 18.5 Å². The molecule has 0 amide bonds. The summed E-state index contributed by atoms with van der Waals surface area (Å²) in [4.78, 5) is 27.5. The molecule has 0 rings (SSSR count). The molecule has 2 unspecified atom stereocenters. The Labute approximate surface area is 109 Å². The first-order chi connectivity index (χ1) is 6.31. The Balaban J connectivity index is 0. The molecule has 0 fully saturated rings. The van der Waals surface area contributed by atoms with Gasteiger partial charge in [-0.2, -0.15) is 0 Å². The van der Waals surface area contributed by atoms with Gasteiger partial charge in [0.15, 0.2) is 0 Å². The van der Waals surface area contributed by atoms with Crippen LogP contribution in [0.5, 0.6) is 0 Å². The zero-order valence-corrected chi connectivity index (χ0v) is 9.89. The van der Waals surface area contributed by atoms with Crippen LogP contribution in [0.15, 0.2) is 0 Å².